The molecule has 0 saturated heterocycles. The van der Waals surface area contributed by atoms with Crippen LogP contribution in [-0.2, 0) is 4.79 Å². The second-order valence-corrected chi connectivity index (χ2v) is 7.33. The van der Waals surface area contributed by atoms with Gasteiger partial charge in [-0.05, 0) is 37.1 Å². The average molecular weight is 351 g/mol. The van der Waals surface area contributed by atoms with E-state index in [1.807, 2.05) is 36.4 Å². The van der Waals surface area contributed by atoms with Crippen molar-refractivity contribution in [2.75, 3.05) is 5.75 Å². The Morgan fingerprint density at radius 2 is 1.80 bits per heavy atom. The largest absolute Gasteiger partial charge is 0.353 e. The van der Waals surface area contributed by atoms with Gasteiger partial charge in [0, 0.05) is 11.7 Å². The Hall–Kier alpha value is -2.27. The molecule has 1 aliphatic carbocycles. The molecule has 2 aromatic carbocycles. The van der Waals surface area contributed by atoms with E-state index in [1.54, 1.807) is 0 Å². The van der Waals surface area contributed by atoms with Crippen molar-refractivity contribution in [2.45, 2.75) is 36.9 Å². The SMILES string of the molecule is O=C(CSc1nc2ccccc2n1-c1ccccc1)NC1CCCC1. The van der Waals surface area contributed by atoms with Crippen molar-refractivity contribution < 1.29 is 4.79 Å². The zero-order valence-electron chi connectivity index (χ0n) is 14.0. The number of nitrogens with one attached hydrogen (secondary N) is 1. The van der Waals surface area contributed by atoms with E-state index >= 15 is 0 Å². The number of hydrogen-bond donors (Lipinski definition) is 1. The van der Waals surface area contributed by atoms with Crippen LogP contribution in [0.25, 0.3) is 16.7 Å². The topological polar surface area (TPSA) is 46.9 Å². The molecule has 1 aliphatic rings. The third-order valence-electron chi connectivity index (χ3n) is 4.60. The van der Waals surface area contributed by atoms with Crippen molar-refractivity contribution in [3.05, 3.63) is 54.6 Å². The fraction of sp³-hybridized carbons (Fsp3) is 0.300. The van der Waals surface area contributed by atoms with E-state index in [-0.39, 0.29) is 5.91 Å². The lowest BCUT2D eigenvalue weighted by Crippen LogP contribution is -2.33. The number of rotatable bonds is 5. The predicted octanol–water partition coefficient (Wildman–Crippen LogP) is 4.18. The van der Waals surface area contributed by atoms with Gasteiger partial charge >= 0.3 is 0 Å². The van der Waals surface area contributed by atoms with Gasteiger partial charge in [0.25, 0.3) is 0 Å². The van der Waals surface area contributed by atoms with Gasteiger partial charge in [0.05, 0.1) is 16.8 Å². The van der Waals surface area contributed by atoms with E-state index < -0.39 is 0 Å². The second kappa shape index (κ2) is 7.31. The minimum Gasteiger partial charge on any atom is -0.353 e. The number of carbonyl (C=O) groups excluding carboxylic acids is 1. The van der Waals surface area contributed by atoms with Crippen molar-refractivity contribution in [3.63, 3.8) is 0 Å². The summed E-state index contributed by atoms with van der Waals surface area (Å²) in [6.45, 7) is 0. The molecule has 0 aliphatic heterocycles. The zero-order chi connectivity index (χ0) is 17.1. The van der Waals surface area contributed by atoms with Crippen LogP contribution in [0.15, 0.2) is 59.8 Å². The molecular weight excluding hydrogens is 330 g/mol. The molecule has 1 aromatic heterocycles. The minimum atomic E-state index is 0.101. The first-order valence-corrected chi connectivity index (χ1v) is 9.75. The lowest BCUT2D eigenvalue weighted by Gasteiger charge is -2.12. The van der Waals surface area contributed by atoms with Crippen molar-refractivity contribution in [1.29, 1.82) is 0 Å². The van der Waals surface area contributed by atoms with Gasteiger partial charge in [0.15, 0.2) is 5.16 Å². The number of imidazole rings is 1. The van der Waals surface area contributed by atoms with Crippen LogP contribution in [0.4, 0.5) is 0 Å². The molecule has 1 saturated carbocycles. The first-order valence-electron chi connectivity index (χ1n) is 8.76. The van der Waals surface area contributed by atoms with E-state index in [0.29, 0.717) is 11.8 Å². The van der Waals surface area contributed by atoms with Crippen LogP contribution in [0, 0.1) is 0 Å². The number of para-hydroxylation sites is 3. The predicted molar refractivity (Wildman–Crippen MR) is 102 cm³/mol. The standard InChI is InChI=1S/C20H21N3OS/c24-19(21-15-8-4-5-9-15)14-25-20-22-17-12-6-7-13-18(17)23(20)16-10-2-1-3-11-16/h1-3,6-7,10-13,15H,4-5,8-9,14H2,(H,21,24). The number of hydrogen-bond acceptors (Lipinski definition) is 3. The highest BCUT2D eigenvalue weighted by Gasteiger charge is 2.18. The van der Waals surface area contributed by atoms with Gasteiger partial charge in [-0.1, -0.05) is 54.9 Å². The summed E-state index contributed by atoms with van der Waals surface area (Å²) in [7, 11) is 0. The molecule has 0 unspecified atom stereocenters. The highest BCUT2D eigenvalue weighted by Crippen LogP contribution is 2.28. The lowest BCUT2D eigenvalue weighted by molar-refractivity contribution is -0.119. The van der Waals surface area contributed by atoms with E-state index in [4.69, 9.17) is 4.98 Å². The average Bonchev–Trinajstić information content (AvgIpc) is 3.27. The molecule has 128 valence electrons. The number of fused-ring (bicyclic) bond motifs is 1. The minimum absolute atomic E-state index is 0.101. The zero-order valence-corrected chi connectivity index (χ0v) is 14.8. The number of carbonyl (C=O) groups is 1. The molecule has 0 radical (unpaired) electrons. The van der Waals surface area contributed by atoms with Gasteiger partial charge in [-0.2, -0.15) is 0 Å². The van der Waals surface area contributed by atoms with Crippen molar-refractivity contribution in [2.24, 2.45) is 0 Å². The summed E-state index contributed by atoms with van der Waals surface area (Å²) in [5.74, 6) is 0.496. The van der Waals surface area contributed by atoms with E-state index in [1.165, 1.54) is 24.6 Å². The molecule has 3 aromatic rings. The van der Waals surface area contributed by atoms with Crippen LogP contribution < -0.4 is 5.32 Å². The lowest BCUT2D eigenvalue weighted by atomic mass is 10.2. The van der Waals surface area contributed by atoms with Gasteiger partial charge in [-0.15, -0.1) is 0 Å². The monoisotopic (exact) mass is 351 g/mol. The fourth-order valence-electron chi connectivity index (χ4n) is 3.40. The van der Waals surface area contributed by atoms with Crippen LogP contribution in [0.5, 0.6) is 0 Å². The van der Waals surface area contributed by atoms with Gasteiger partial charge in [-0.25, -0.2) is 4.98 Å². The maximum absolute atomic E-state index is 12.3. The number of amides is 1. The second-order valence-electron chi connectivity index (χ2n) is 6.39. The van der Waals surface area contributed by atoms with Crippen LogP contribution in [0.3, 0.4) is 0 Å². The normalized spacial score (nSPS) is 14.9. The first-order chi connectivity index (χ1) is 12.3. The summed E-state index contributed by atoms with van der Waals surface area (Å²) in [4.78, 5) is 17.0. The van der Waals surface area contributed by atoms with Crippen molar-refractivity contribution >= 4 is 28.7 Å². The highest BCUT2D eigenvalue weighted by molar-refractivity contribution is 7.99. The van der Waals surface area contributed by atoms with Gasteiger partial charge in [0.2, 0.25) is 5.91 Å². The van der Waals surface area contributed by atoms with Crippen LogP contribution in [-0.4, -0.2) is 27.3 Å². The van der Waals surface area contributed by atoms with Gasteiger partial charge in [0.1, 0.15) is 0 Å². The van der Waals surface area contributed by atoms with E-state index in [0.717, 1.165) is 34.7 Å². The third-order valence-corrected chi connectivity index (χ3v) is 5.54. The summed E-state index contributed by atoms with van der Waals surface area (Å²) in [6, 6.07) is 18.6. The molecule has 1 heterocycles. The van der Waals surface area contributed by atoms with Crippen molar-refractivity contribution in [3.8, 4) is 5.69 Å². The Balaban J connectivity index is 1.57. The molecule has 25 heavy (non-hydrogen) atoms. The Kier molecular flexibility index (Phi) is 4.74. The third kappa shape index (κ3) is 3.56. The summed E-state index contributed by atoms with van der Waals surface area (Å²) < 4.78 is 2.13. The van der Waals surface area contributed by atoms with E-state index in [9.17, 15) is 4.79 Å². The Bertz CT molecular complexity index is 869. The number of thioether (sulfide) groups is 1. The van der Waals surface area contributed by atoms with Gasteiger partial charge < -0.3 is 5.32 Å². The molecule has 1 amide bonds. The van der Waals surface area contributed by atoms with E-state index in [2.05, 4.69) is 28.1 Å². The Morgan fingerprint density at radius 3 is 2.60 bits per heavy atom. The smallest absolute Gasteiger partial charge is 0.230 e. The summed E-state index contributed by atoms with van der Waals surface area (Å²) in [5, 5.41) is 4.00. The van der Waals surface area contributed by atoms with Crippen LogP contribution in [0.2, 0.25) is 0 Å². The number of nitrogens with zero attached hydrogens (tertiary/aromatic N) is 2. The number of benzene rings is 2. The van der Waals surface area contributed by atoms with Gasteiger partial charge in [-0.3, -0.25) is 9.36 Å². The highest BCUT2D eigenvalue weighted by atomic mass is 32.2. The quantitative estimate of drug-likeness (QED) is 0.702. The maximum Gasteiger partial charge on any atom is 0.230 e. The summed E-state index contributed by atoms with van der Waals surface area (Å²) >= 11 is 1.50. The fourth-order valence-corrected chi connectivity index (χ4v) is 4.24. The molecule has 0 bridgehead atoms. The molecule has 1 N–H and O–H groups in total. The molecular formula is C20H21N3OS. The summed E-state index contributed by atoms with van der Waals surface area (Å²) in [5.41, 5.74) is 3.08. The Labute approximate surface area is 151 Å². The van der Waals surface area contributed by atoms with Crippen LogP contribution >= 0.6 is 11.8 Å². The molecule has 0 atom stereocenters. The Morgan fingerprint density at radius 1 is 1.08 bits per heavy atom. The molecule has 4 nitrogen and oxygen atoms in total. The van der Waals surface area contributed by atoms with Crippen LogP contribution in [0.1, 0.15) is 25.7 Å². The molecule has 1 fully saturated rings. The first kappa shape index (κ1) is 16.2. The van der Waals surface area contributed by atoms with Crippen molar-refractivity contribution in [1.82, 2.24) is 14.9 Å². The molecule has 4 rings (SSSR count). The maximum atomic E-state index is 12.3. The molecule has 0 spiro atoms. The summed E-state index contributed by atoms with van der Waals surface area (Å²) in [6.07, 6.45) is 4.67. The number of aromatic nitrogens is 2. The molecule has 5 heteroatoms.